The first-order valence-corrected chi connectivity index (χ1v) is 7.97. The van der Waals surface area contributed by atoms with E-state index in [0.717, 1.165) is 17.9 Å². The van der Waals surface area contributed by atoms with Crippen LogP contribution in [0.3, 0.4) is 0 Å². The first-order chi connectivity index (χ1) is 8.95. The number of likely N-dealkylation sites (tertiary alicyclic amines) is 1. The third-order valence-corrected chi connectivity index (χ3v) is 4.42. The second-order valence-electron chi connectivity index (χ2n) is 5.16. The highest BCUT2D eigenvalue weighted by Crippen LogP contribution is 2.23. The lowest BCUT2D eigenvalue weighted by atomic mass is 9.99. The van der Waals surface area contributed by atoms with Crippen LogP contribution in [0.25, 0.3) is 0 Å². The SMILES string of the molecule is CCSCCC(C)NC(=O)N1CC(C)C(C(=O)O)C1. The topological polar surface area (TPSA) is 69.6 Å². The number of carbonyl (C=O) groups excluding carboxylic acids is 1. The number of hydrogen-bond donors (Lipinski definition) is 2. The van der Waals surface area contributed by atoms with Crippen molar-refractivity contribution in [2.75, 3.05) is 24.6 Å². The van der Waals surface area contributed by atoms with Crippen LogP contribution in [0.1, 0.15) is 27.2 Å². The van der Waals surface area contributed by atoms with Crippen LogP contribution in [0.5, 0.6) is 0 Å². The van der Waals surface area contributed by atoms with Gasteiger partial charge in [-0.05, 0) is 30.8 Å². The summed E-state index contributed by atoms with van der Waals surface area (Å²) in [5, 5.41) is 12.0. The van der Waals surface area contributed by atoms with Gasteiger partial charge >= 0.3 is 12.0 Å². The highest BCUT2D eigenvalue weighted by molar-refractivity contribution is 7.99. The number of carbonyl (C=O) groups is 2. The van der Waals surface area contributed by atoms with Crippen molar-refractivity contribution < 1.29 is 14.7 Å². The lowest BCUT2D eigenvalue weighted by Crippen LogP contribution is -2.43. The van der Waals surface area contributed by atoms with Crippen molar-refractivity contribution in [2.24, 2.45) is 11.8 Å². The Labute approximate surface area is 119 Å². The zero-order chi connectivity index (χ0) is 14.4. The highest BCUT2D eigenvalue weighted by atomic mass is 32.2. The Morgan fingerprint density at radius 1 is 1.47 bits per heavy atom. The molecule has 0 bridgehead atoms. The summed E-state index contributed by atoms with van der Waals surface area (Å²) in [4.78, 5) is 24.7. The normalized spacial score (nSPS) is 24.3. The van der Waals surface area contributed by atoms with Crippen molar-refractivity contribution in [1.29, 1.82) is 0 Å². The zero-order valence-electron chi connectivity index (χ0n) is 11.9. The molecule has 1 fully saturated rings. The van der Waals surface area contributed by atoms with Gasteiger partial charge in [-0.3, -0.25) is 4.79 Å². The quantitative estimate of drug-likeness (QED) is 0.732. The number of rotatable bonds is 6. The summed E-state index contributed by atoms with van der Waals surface area (Å²) in [5.41, 5.74) is 0. The molecule has 3 unspecified atom stereocenters. The Morgan fingerprint density at radius 3 is 2.68 bits per heavy atom. The number of amides is 2. The van der Waals surface area contributed by atoms with Gasteiger partial charge in [0.2, 0.25) is 0 Å². The van der Waals surface area contributed by atoms with Gasteiger partial charge in [0, 0.05) is 19.1 Å². The molecule has 1 aliphatic heterocycles. The van der Waals surface area contributed by atoms with E-state index in [1.54, 1.807) is 4.90 Å². The van der Waals surface area contributed by atoms with Crippen molar-refractivity contribution in [3.63, 3.8) is 0 Å². The maximum absolute atomic E-state index is 12.0. The number of carboxylic acid groups (broad SMARTS) is 1. The molecule has 2 amide bonds. The molecular formula is C13H24N2O3S. The van der Waals surface area contributed by atoms with Gasteiger partial charge in [0.05, 0.1) is 5.92 Å². The molecule has 0 radical (unpaired) electrons. The predicted molar refractivity (Wildman–Crippen MR) is 77.5 cm³/mol. The summed E-state index contributed by atoms with van der Waals surface area (Å²) in [5.74, 6) is 0.901. The van der Waals surface area contributed by atoms with Crippen molar-refractivity contribution >= 4 is 23.8 Å². The molecule has 1 aliphatic rings. The standard InChI is InChI=1S/C13H24N2O3S/c1-4-19-6-5-10(3)14-13(18)15-7-9(2)11(8-15)12(16)17/h9-11H,4-8H2,1-3H3,(H,14,18)(H,16,17). The van der Waals surface area contributed by atoms with E-state index >= 15 is 0 Å². The molecule has 0 saturated carbocycles. The van der Waals surface area contributed by atoms with Crippen LogP contribution < -0.4 is 5.32 Å². The Bertz CT molecular complexity index is 325. The zero-order valence-corrected chi connectivity index (χ0v) is 12.7. The maximum atomic E-state index is 12.0. The van der Waals surface area contributed by atoms with Crippen LogP contribution in [0, 0.1) is 11.8 Å². The lowest BCUT2D eigenvalue weighted by Gasteiger charge is -2.20. The second-order valence-corrected chi connectivity index (χ2v) is 6.56. The van der Waals surface area contributed by atoms with Crippen LogP contribution in [0.15, 0.2) is 0 Å². The number of aliphatic carboxylic acids is 1. The number of urea groups is 1. The van der Waals surface area contributed by atoms with Crippen LogP contribution in [0.4, 0.5) is 4.79 Å². The number of thioether (sulfide) groups is 1. The molecule has 6 heteroatoms. The number of nitrogens with one attached hydrogen (secondary N) is 1. The second kappa shape index (κ2) is 7.62. The van der Waals surface area contributed by atoms with Crippen LogP contribution in [-0.4, -0.2) is 52.6 Å². The summed E-state index contributed by atoms with van der Waals surface area (Å²) in [6.45, 7) is 6.83. The first-order valence-electron chi connectivity index (χ1n) is 6.81. The molecule has 0 aromatic carbocycles. The summed E-state index contributed by atoms with van der Waals surface area (Å²) < 4.78 is 0. The highest BCUT2D eigenvalue weighted by Gasteiger charge is 2.37. The molecule has 0 spiro atoms. The summed E-state index contributed by atoms with van der Waals surface area (Å²) in [7, 11) is 0. The van der Waals surface area contributed by atoms with Crippen molar-refractivity contribution in [2.45, 2.75) is 33.2 Å². The number of nitrogens with zero attached hydrogens (tertiary/aromatic N) is 1. The Morgan fingerprint density at radius 2 is 2.16 bits per heavy atom. The minimum Gasteiger partial charge on any atom is -0.481 e. The summed E-state index contributed by atoms with van der Waals surface area (Å²) in [6.07, 6.45) is 0.940. The molecule has 1 saturated heterocycles. The fraction of sp³-hybridized carbons (Fsp3) is 0.846. The van der Waals surface area contributed by atoms with Gasteiger partial charge in [-0.25, -0.2) is 4.79 Å². The number of carboxylic acids is 1. The summed E-state index contributed by atoms with van der Waals surface area (Å²) in [6, 6.07) is -0.00432. The lowest BCUT2D eigenvalue weighted by molar-refractivity contribution is -0.142. The Kier molecular flexibility index (Phi) is 6.48. The van der Waals surface area contributed by atoms with E-state index in [0.29, 0.717) is 13.1 Å². The molecule has 0 aromatic rings. The first kappa shape index (κ1) is 16.1. The predicted octanol–water partition coefficient (Wildman–Crippen LogP) is 1.88. The van der Waals surface area contributed by atoms with Gasteiger partial charge in [0.15, 0.2) is 0 Å². The Balaban J connectivity index is 2.36. The molecule has 5 nitrogen and oxygen atoms in total. The van der Waals surface area contributed by atoms with Gasteiger partial charge in [-0.15, -0.1) is 0 Å². The monoisotopic (exact) mass is 288 g/mol. The van der Waals surface area contributed by atoms with Gasteiger partial charge in [-0.1, -0.05) is 13.8 Å². The van der Waals surface area contributed by atoms with E-state index in [9.17, 15) is 9.59 Å². The van der Waals surface area contributed by atoms with Crippen LogP contribution in [-0.2, 0) is 4.79 Å². The largest absolute Gasteiger partial charge is 0.481 e. The minimum absolute atomic E-state index is 0.0224. The molecule has 0 aromatic heterocycles. The molecular weight excluding hydrogens is 264 g/mol. The average Bonchev–Trinajstić information content (AvgIpc) is 2.72. The fourth-order valence-electron chi connectivity index (χ4n) is 2.23. The molecule has 110 valence electrons. The minimum atomic E-state index is -0.810. The van der Waals surface area contributed by atoms with Crippen molar-refractivity contribution in [3.05, 3.63) is 0 Å². The molecule has 3 atom stereocenters. The van der Waals surface area contributed by atoms with Crippen molar-refractivity contribution in [1.82, 2.24) is 10.2 Å². The van der Waals surface area contributed by atoms with E-state index < -0.39 is 11.9 Å². The van der Waals surface area contributed by atoms with Gasteiger partial charge < -0.3 is 15.3 Å². The van der Waals surface area contributed by atoms with Gasteiger partial charge in [0.25, 0.3) is 0 Å². The van der Waals surface area contributed by atoms with E-state index in [1.165, 1.54) is 0 Å². The fourth-order valence-corrected chi connectivity index (χ4v) is 3.04. The number of hydrogen-bond acceptors (Lipinski definition) is 3. The summed E-state index contributed by atoms with van der Waals surface area (Å²) >= 11 is 1.86. The molecule has 19 heavy (non-hydrogen) atoms. The van der Waals surface area contributed by atoms with E-state index in [-0.39, 0.29) is 18.0 Å². The Hall–Kier alpha value is -0.910. The molecule has 1 rings (SSSR count). The maximum Gasteiger partial charge on any atom is 0.317 e. The third-order valence-electron chi connectivity index (χ3n) is 3.49. The van der Waals surface area contributed by atoms with Crippen LogP contribution in [0.2, 0.25) is 0 Å². The molecule has 1 heterocycles. The van der Waals surface area contributed by atoms with E-state index in [2.05, 4.69) is 12.2 Å². The average molecular weight is 288 g/mol. The van der Waals surface area contributed by atoms with Gasteiger partial charge in [-0.2, -0.15) is 11.8 Å². The molecule has 2 N–H and O–H groups in total. The van der Waals surface area contributed by atoms with Gasteiger partial charge in [0.1, 0.15) is 0 Å². The van der Waals surface area contributed by atoms with Crippen LogP contribution >= 0.6 is 11.8 Å². The van der Waals surface area contributed by atoms with E-state index in [4.69, 9.17) is 5.11 Å². The molecule has 0 aliphatic carbocycles. The third kappa shape index (κ3) is 4.93. The smallest absolute Gasteiger partial charge is 0.317 e. The van der Waals surface area contributed by atoms with E-state index in [1.807, 2.05) is 25.6 Å². The van der Waals surface area contributed by atoms with Crippen molar-refractivity contribution in [3.8, 4) is 0 Å².